The van der Waals surface area contributed by atoms with Crippen LogP contribution in [0.15, 0.2) is 10.7 Å². The second kappa shape index (κ2) is 9.93. The average Bonchev–Trinajstić information content (AvgIpc) is 3.09. The van der Waals surface area contributed by atoms with Gasteiger partial charge in [0.15, 0.2) is 5.65 Å². The molecule has 2 aromatic heterocycles. The van der Waals surface area contributed by atoms with Crippen molar-refractivity contribution in [2.45, 2.75) is 71.4 Å². The molecule has 0 unspecified atom stereocenters. The monoisotopic (exact) mass is 511 g/mol. The smallest absolute Gasteiger partial charge is 0.413 e. The highest BCUT2D eigenvalue weighted by Gasteiger charge is 2.34. The first kappa shape index (κ1) is 24.7. The fourth-order valence-corrected chi connectivity index (χ4v) is 4.53. The Balaban J connectivity index is 2.24. The molecule has 1 aliphatic heterocycles. The van der Waals surface area contributed by atoms with Gasteiger partial charge in [-0.1, -0.05) is 27.7 Å². The Bertz CT molecular complexity index is 950. The van der Waals surface area contributed by atoms with Crippen LogP contribution in [0.25, 0.3) is 5.65 Å². The van der Waals surface area contributed by atoms with Gasteiger partial charge in [-0.15, -0.1) is 0 Å². The average molecular weight is 512 g/mol. The van der Waals surface area contributed by atoms with E-state index in [0.717, 1.165) is 18.4 Å². The third-order valence-corrected chi connectivity index (χ3v) is 6.50. The lowest BCUT2D eigenvalue weighted by atomic mass is 9.86. The molecule has 1 amide bonds. The van der Waals surface area contributed by atoms with Crippen LogP contribution in [0, 0.1) is 5.92 Å². The number of rotatable bonds is 7. The number of aliphatic hydroxyl groups is 1. The van der Waals surface area contributed by atoms with Crippen LogP contribution in [0.4, 0.5) is 16.4 Å². The molecule has 3 heterocycles. The van der Waals surface area contributed by atoms with E-state index in [0.29, 0.717) is 47.9 Å². The molecule has 10 heteroatoms. The molecule has 9 nitrogen and oxygen atoms in total. The van der Waals surface area contributed by atoms with Gasteiger partial charge in [0.2, 0.25) is 0 Å². The molecule has 2 aromatic rings. The van der Waals surface area contributed by atoms with E-state index in [4.69, 9.17) is 9.72 Å². The molecule has 3 N–H and O–H groups in total. The number of ether oxygens (including phenoxy) is 1. The van der Waals surface area contributed by atoms with Crippen molar-refractivity contribution < 1.29 is 19.7 Å². The van der Waals surface area contributed by atoms with Crippen LogP contribution in [-0.4, -0.2) is 62.8 Å². The minimum Gasteiger partial charge on any atom is -0.465 e. The zero-order valence-corrected chi connectivity index (χ0v) is 21.0. The van der Waals surface area contributed by atoms with E-state index in [1.165, 1.54) is 4.90 Å². The highest BCUT2D eigenvalue weighted by Crippen LogP contribution is 2.40. The number of anilines is 2. The SMILES string of the molecule is CC[C@H](Nc1nc2c(Br)cnn2c(N(CC2CCOCC2)C(=O)O)c1C(C)(C)C)[C@H](C)O. The topological polar surface area (TPSA) is 112 Å². The van der Waals surface area contributed by atoms with Crippen LogP contribution in [0.5, 0.6) is 0 Å². The van der Waals surface area contributed by atoms with Crippen molar-refractivity contribution >= 4 is 39.3 Å². The number of hydrogen-bond acceptors (Lipinski definition) is 6. The molecular weight excluding hydrogens is 478 g/mol. The number of hydrogen-bond donors (Lipinski definition) is 3. The Morgan fingerprint density at radius 2 is 2.06 bits per heavy atom. The molecule has 0 aromatic carbocycles. The van der Waals surface area contributed by atoms with Crippen LogP contribution < -0.4 is 10.2 Å². The Labute approximate surface area is 197 Å². The predicted octanol–water partition coefficient (Wildman–Crippen LogP) is 4.27. The maximum Gasteiger partial charge on any atom is 0.413 e. The number of aliphatic hydroxyl groups excluding tert-OH is 1. The Kier molecular flexibility index (Phi) is 7.67. The molecule has 0 aliphatic carbocycles. The first-order chi connectivity index (χ1) is 15.0. The van der Waals surface area contributed by atoms with Crippen LogP contribution in [0.1, 0.15) is 59.4 Å². The first-order valence-electron chi connectivity index (χ1n) is 11.1. The van der Waals surface area contributed by atoms with Gasteiger partial charge in [-0.25, -0.2) is 9.78 Å². The number of carbonyl (C=O) groups is 1. The second-order valence-electron chi connectivity index (χ2n) is 9.49. The number of nitrogens with one attached hydrogen (secondary N) is 1. The van der Waals surface area contributed by atoms with Gasteiger partial charge in [-0.2, -0.15) is 9.61 Å². The number of aromatic nitrogens is 3. The molecule has 0 spiro atoms. The van der Waals surface area contributed by atoms with Gasteiger partial charge in [0.05, 0.1) is 22.8 Å². The summed E-state index contributed by atoms with van der Waals surface area (Å²) in [4.78, 5) is 18.8. The van der Waals surface area contributed by atoms with E-state index in [1.807, 2.05) is 27.7 Å². The van der Waals surface area contributed by atoms with Crippen LogP contribution >= 0.6 is 15.9 Å². The molecule has 3 rings (SSSR count). The van der Waals surface area contributed by atoms with Crippen molar-refractivity contribution in [3.05, 3.63) is 16.2 Å². The van der Waals surface area contributed by atoms with Crippen molar-refractivity contribution in [2.75, 3.05) is 30.0 Å². The van der Waals surface area contributed by atoms with Gasteiger partial charge in [0.1, 0.15) is 11.6 Å². The molecule has 0 radical (unpaired) electrons. The van der Waals surface area contributed by atoms with Crippen LogP contribution in [0.2, 0.25) is 0 Å². The van der Waals surface area contributed by atoms with Crippen LogP contribution in [-0.2, 0) is 10.2 Å². The minimum atomic E-state index is -1.03. The third-order valence-electron chi connectivity index (χ3n) is 5.94. The van der Waals surface area contributed by atoms with E-state index >= 15 is 0 Å². The predicted molar refractivity (Wildman–Crippen MR) is 128 cm³/mol. The van der Waals surface area contributed by atoms with E-state index in [9.17, 15) is 15.0 Å². The number of nitrogens with zero attached hydrogens (tertiary/aromatic N) is 4. The molecule has 0 saturated carbocycles. The molecule has 0 bridgehead atoms. The van der Waals surface area contributed by atoms with E-state index in [1.54, 1.807) is 17.6 Å². The summed E-state index contributed by atoms with van der Waals surface area (Å²) in [7, 11) is 0. The van der Waals surface area contributed by atoms with Gasteiger partial charge < -0.3 is 20.3 Å². The van der Waals surface area contributed by atoms with E-state index in [-0.39, 0.29) is 12.0 Å². The highest BCUT2D eigenvalue weighted by atomic mass is 79.9. The first-order valence-corrected chi connectivity index (χ1v) is 11.9. The fraction of sp³-hybridized carbons (Fsp3) is 0.682. The molecular formula is C22H34BrN5O4. The van der Waals surface area contributed by atoms with Crippen molar-refractivity contribution in [3.63, 3.8) is 0 Å². The third kappa shape index (κ3) is 5.18. The Hall–Kier alpha value is -1.91. The zero-order valence-electron chi connectivity index (χ0n) is 19.4. The summed E-state index contributed by atoms with van der Waals surface area (Å²) < 4.78 is 7.74. The van der Waals surface area contributed by atoms with Crippen molar-refractivity contribution in [2.24, 2.45) is 5.92 Å². The quantitative estimate of drug-likeness (QED) is 0.508. The lowest BCUT2D eigenvalue weighted by Crippen LogP contribution is -2.40. The van der Waals surface area contributed by atoms with Gasteiger partial charge in [0.25, 0.3) is 0 Å². The summed E-state index contributed by atoms with van der Waals surface area (Å²) >= 11 is 3.50. The van der Waals surface area contributed by atoms with Crippen molar-refractivity contribution in [1.82, 2.24) is 14.6 Å². The number of carboxylic acid groups (broad SMARTS) is 1. The molecule has 2 atom stereocenters. The lowest BCUT2D eigenvalue weighted by molar-refractivity contribution is 0.0679. The minimum absolute atomic E-state index is 0.201. The Morgan fingerprint density at radius 3 is 2.59 bits per heavy atom. The molecule has 1 aliphatic rings. The molecule has 1 fully saturated rings. The Morgan fingerprint density at radius 1 is 1.41 bits per heavy atom. The van der Waals surface area contributed by atoms with Gasteiger partial charge >= 0.3 is 6.09 Å². The standard InChI is InChI=1S/C22H34BrN5O4/c1-6-16(13(2)29)25-18-17(22(3,4)5)20(28-19(26-18)15(23)11-24-28)27(21(30)31)12-14-7-9-32-10-8-14/h11,13-14,16,29H,6-10,12H2,1-5H3,(H,25,26)(H,30,31)/t13-,16-/m0/s1. The van der Waals surface area contributed by atoms with Gasteiger partial charge in [-0.05, 0) is 53.4 Å². The molecule has 32 heavy (non-hydrogen) atoms. The normalized spacial score (nSPS) is 17.3. The molecule has 1 saturated heterocycles. The van der Waals surface area contributed by atoms with Crippen molar-refractivity contribution in [1.29, 1.82) is 0 Å². The van der Waals surface area contributed by atoms with E-state index in [2.05, 4.69) is 26.3 Å². The number of halogens is 1. The zero-order chi connectivity index (χ0) is 23.6. The fourth-order valence-electron chi connectivity index (χ4n) is 4.18. The molecule has 178 valence electrons. The summed E-state index contributed by atoms with van der Waals surface area (Å²) in [6, 6.07) is -0.227. The summed E-state index contributed by atoms with van der Waals surface area (Å²) in [6.45, 7) is 11.4. The van der Waals surface area contributed by atoms with Crippen molar-refractivity contribution in [3.8, 4) is 0 Å². The van der Waals surface area contributed by atoms with Gasteiger partial charge in [-0.3, -0.25) is 4.90 Å². The summed E-state index contributed by atoms with van der Waals surface area (Å²) in [5.41, 5.74) is 0.820. The van der Waals surface area contributed by atoms with E-state index < -0.39 is 17.6 Å². The lowest BCUT2D eigenvalue weighted by Gasteiger charge is -2.34. The maximum absolute atomic E-state index is 12.6. The maximum atomic E-state index is 12.6. The second-order valence-corrected chi connectivity index (χ2v) is 10.3. The van der Waals surface area contributed by atoms with Crippen LogP contribution in [0.3, 0.4) is 0 Å². The highest BCUT2D eigenvalue weighted by molar-refractivity contribution is 9.10. The number of amides is 1. The largest absolute Gasteiger partial charge is 0.465 e. The number of fused-ring (bicyclic) bond motifs is 1. The van der Waals surface area contributed by atoms with Gasteiger partial charge in [0, 0.05) is 25.3 Å². The summed E-state index contributed by atoms with van der Waals surface area (Å²) in [5.74, 6) is 1.24. The summed E-state index contributed by atoms with van der Waals surface area (Å²) in [6.07, 6.45) is 2.32. The summed E-state index contributed by atoms with van der Waals surface area (Å²) in [5, 5.41) is 28.4.